The van der Waals surface area contributed by atoms with Gasteiger partial charge in [-0.05, 0) is 31.5 Å². The lowest BCUT2D eigenvalue weighted by atomic mass is 10.2. The van der Waals surface area contributed by atoms with Crippen LogP contribution in [0.25, 0.3) is 0 Å². The van der Waals surface area contributed by atoms with Crippen LogP contribution in [0.5, 0.6) is 0 Å². The number of aromatic carboxylic acids is 1. The zero-order chi connectivity index (χ0) is 12.7. The van der Waals surface area contributed by atoms with E-state index in [9.17, 15) is 9.18 Å². The average molecular weight is 241 g/mol. The van der Waals surface area contributed by atoms with Crippen LogP contribution in [0.4, 0.5) is 10.1 Å². The molecule has 0 amide bonds. The first-order valence-electron chi connectivity index (χ1n) is 5.49. The minimum atomic E-state index is -1.26. The van der Waals surface area contributed by atoms with E-state index in [2.05, 4.69) is 5.32 Å². The topological polar surface area (TPSA) is 58.6 Å². The second kappa shape index (κ2) is 6.85. The van der Waals surface area contributed by atoms with E-state index in [0.29, 0.717) is 25.4 Å². The molecule has 0 aliphatic carbocycles. The summed E-state index contributed by atoms with van der Waals surface area (Å²) in [5, 5.41) is 11.7. The van der Waals surface area contributed by atoms with Crippen molar-refractivity contribution >= 4 is 11.7 Å². The minimum Gasteiger partial charge on any atom is -0.478 e. The monoisotopic (exact) mass is 241 g/mol. The third-order valence-electron chi connectivity index (χ3n) is 2.20. The molecule has 5 heteroatoms. The Morgan fingerprint density at radius 1 is 1.53 bits per heavy atom. The van der Waals surface area contributed by atoms with Crippen molar-refractivity contribution in [2.24, 2.45) is 0 Å². The molecule has 17 heavy (non-hydrogen) atoms. The lowest BCUT2D eigenvalue weighted by Gasteiger charge is -2.07. The molecule has 1 aromatic rings. The maximum absolute atomic E-state index is 13.3. The molecule has 0 saturated heterocycles. The van der Waals surface area contributed by atoms with Crippen LogP contribution < -0.4 is 5.32 Å². The van der Waals surface area contributed by atoms with Gasteiger partial charge in [0.25, 0.3) is 0 Å². The maximum Gasteiger partial charge on any atom is 0.338 e. The molecule has 0 saturated carbocycles. The van der Waals surface area contributed by atoms with E-state index in [1.165, 1.54) is 12.1 Å². The summed E-state index contributed by atoms with van der Waals surface area (Å²) in [6, 6.07) is 3.99. The van der Waals surface area contributed by atoms with Gasteiger partial charge in [0.05, 0.1) is 5.56 Å². The van der Waals surface area contributed by atoms with Crippen molar-refractivity contribution in [2.45, 2.75) is 13.3 Å². The summed E-state index contributed by atoms with van der Waals surface area (Å²) in [6.45, 7) is 3.92. The molecule has 0 aromatic heterocycles. The van der Waals surface area contributed by atoms with E-state index < -0.39 is 11.8 Å². The van der Waals surface area contributed by atoms with Gasteiger partial charge in [0.1, 0.15) is 5.82 Å². The Morgan fingerprint density at radius 3 is 2.88 bits per heavy atom. The maximum atomic E-state index is 13.3. The predicted molar refractivity (Wildman–Crippen MR) is 63.0 cm³/mol. The van der Waals surface area contributed by atoms with Crippen LogP contribution in [0, 0.1) is 5.82 Å². The molecule has 94 valence electrons. The summed E-state index contributed by atoms with van der Waals surface area (Å²) in [6.07, 6.45) is 0.816. The number of carbonyl (C=O) groups is 1. The molecule has 1 aromatic carbocycles. The molecular weight excluding hydrogens is 225 g/mol. The molecule has 0 spiro atoms. The van der Waals surface area contributed by atoms with E-state index in [0.717, 1.165) is 6.42 Å². The Bertz CT molecular complexity index is 382. The number of ether oxygens (including phenoxy) is 1. The van der Waals surface area contributed by atoms with Crippen LogP contribution in [0.1, 0.15) is 23.7 Å². The van der Waals surface area contributed by atoms with Crippen molar-refractivity contribution in [1.29, 1.82) is 0 Å². The highest BCUT2D eigenvalue weighted by Gasteiger charge is 2.09. The summed E-state index contributed by atoms with van der Waals surface area (Å²) < 4.78 is 18.4. The van der Waals surface area contributed by atoms with Gasteiger partial charge in [-0.1, -0.05) is 0 Å². The first-order valence-corrected chi connectivity index (χ1v) is 5.49. The van der Waals surface area contributed by atoms with Gasteiger partial charge in [-0.25, -0.2) is 9.18 Å². The molecular formula is C12H16FNO3. The van der Waals surface area contributed by atoms with Crippen molar-refractivity contribution in [3.05, 3.63) is 29.6 Å². The van der Waals surface area contributed by atoms with Crippen molar-refractivity contribution in [2.75, 3.05) is 25.1 Å². The van der Waals surface area contributed by atoms with Crippen LogP contribution in [0.3, 0.4) is 0 Å². The lowest BCUT2D eigenvalue weighted by molar-refractivity contribution is 0.0692. The highest BCUT2D eigenvalue weighted by Crippen LogP contribution is 2.14. The summed E-state index contributed by atoms with van der Waals surface area (Å²) in [4.78, 5) is 10.6. The van der Waals surface area contributed by atoms with Gasteiger partial charge in [0.15, 0.2) is 0 Å². The summed E-state index contributed by atoms with van der Waals surface area (Å²) in [7, 11) is 0. The zero-order valence-corrected chi connectivity index (χ0v) is 9.70. The molecule has 0 atom stereocenters. The predicted octanol–water partition coefficient (Wildman–Crippen LogP) is 2.36. The molecule has 4 nitrogen and oxygen atoms in total. The van der Waals surface area contributed by atoms with Crippen molar-refractivity contribution in [3.8, 4) is 0 Å². The quantitative estimate of drug-likeness (QED) is 0.719. The first-order chi connectivity index (χ1) is 8.15. The van der Waals surface area contributed by atoms with Crippen LogP contribution in [0.15, 0.2) is 18.2 Å². The Balaban J connectivity index is 2.45. The van der Waals surface area contributed by atoms with Crippen molar-refractivity contribution in [3.63, 3.8) is 0 Å². The Kier molecular flexibility index (Phi) is 5.42. The van der Waals surface area contributed by atoms with Crippen molar-refractivity contribution < 1.29 is 19.0 Å². The molecule has 0 fully saturated rings. The molecule has 1 rings (SSSR count). The van der Waals surface area contributed by atoms with Gasteiger partial charge in [0, 0.05) is 25.4 Å². The fourth-order valence-electron chi connectivity index (χ4n) is 1.35. The number of halogens is 1. The van der Waals surface area contributed by atoms with Crippen LogP contribution >= 0.6 is 0 Å². The van der Waals surface area contributed by atoms with E-state index in [1.54, 1.807) is 6.07 Å². The van der Waals surface area contributed by atoms with Crippen LogP contribution in [0.2, 0.25) is 0 Å². The third kappa shape index (κ3) is 4.40. The van der Waals surface area contributed by atoms with Crippen LogP contribution in [-0.2, 0) is 4.74 Å². The molecule has 0 heterocycles. The minimum absolute atomic E-state index is 0.315. The second-order valence-corrected chi connectivity index (χ2v) is 3.48. The number of carboxylic acids is 1. The standard InChI is InChI=1S/C12H16FNO3/c1-2-17-7-3-6-14-9-4-5-10(12(15)16)11(13)8-9/h4-5,8,14H,2-3,6-7H2,1H3,(H,15,16). The van der Waals surface area contributed by atoms with Gasteiger partial charge in [-0.3, -0.25) is 0 Å². The van der Waals surface area contributed by atoms with E-state index >= 15 is 0 Å². The Morgan fingerprint density at radius 2 is 2.29 bits per heavy atom. The largest absolute Gasteiger partial charge is 0.478 e. The van der Waals surface area contributed by atoms with E-state index in [4.69, 9.17) is 9.84 Å². The fraction of sp³-hybridized carbons (Fsp3) is 0.417. The Labute approximate surface area is 99.4 Å². The molecule has 0 bridgehead atoms. The van der Waals surface area contributed by atoms with Crippen molar-refractivity contribution in [1.82, 2.24) is 0 Å². The number of benzene rings is 1. The highest BCUT2D eigenvalue weighted by atomic mass is 19.1. The average Bonchev–Trinajstić information content (AvgIpc) is 2.28. The molecule has 0 aliphatic rings. The zero-order valence-electron chi connectivity index (χ0n) is 9.70. The summed E-state index contributed by atoms with van der Waals surface area (Å²) in [5.74, 6) is -1.99. The third-order valence-corrected chi connectivity index (χ3v) is 2.20. The van der Waals surface area contributed by atoms with E-state index in [1.807, 2.05) is 6.92 Å². The summed E-state index contributed by atoms with van der Waals surface area (Å²) >= 11 is 0. The second-order valence-electron chi connectivity index (χ2n) is 3.48. The normalized spacial score (nSPS) is 10.2. The number of hydrogen-bond acceptors (Lipinski definition) is 3. The molecule has 0 unspecified atom stereocenters. The highest BCUT2D eigenvalue weighted by molar-refractivity contribution is 5.88. The van der Waals surface area contributed by atoms with Gasteiger partial charge >= 0.3 is 5.97 Å². The molecule has 0 radical (unpaired) electrons. The lowest BCUT2D eigenvalue weighted by Crippen LogP contribution is -2.07. The number of carboxylic acid groups (broad SMARTS) is 1. The Hall–Kier alpha value is -1.62. The molecule has 0 aliphatic heterocycles. The summed E-state index contributed by atoms with van der Waals surface area (Å²) in [5.41, 5.74) is 0.258. The van der Waals surface area contributed by atoms with Gasteiger partial charge in [-0.2, -0.15) is 0 Å². The first kappa shape index (κ1) is 13.4. The molecule has 2 N–H and O–H groups in total. The van der Waals surface area contributed by atoms with Gasteiger partial charge in [0.2, 0.25) is 0 Å². The number of hydrogen-bond donors (Lipinski definition) is 2. The van der Waals surface area contributed by atoms with Crippen LogP contribution in [-0.4, -0.2) is 30.8 Å². The fourth-order valence-corrected chi connectivity index (χ4v) is 1.35. The van der Waals surface area contributed by atoms with Gasteiger partial charge < -0.3 is 15.2 Å². The number of anilines is 1. The van der Waals surface area contributed by atoms with E-state index in [-0.39, 0.29) is 5.56 Å². The number of nitrogens with one attached hydrogen (secondary N) is 1. The van der Waals surface area contributed by atoms with Gasteiger partial charge in [-0.15, -0.1) is 0 Å². The smallest absolute Gasteiger partial charge is 0.338 e. The SMILES string of the molecule is CCOCCCNc1ccc(C(=O)O)c(F)c1. The number of rotatable bonds is 7.